The summed E-state index contributed by atoms with van der Waals surface area (Å²) in [6.45, 7) is 5.75. The van der Waals surface area contributed by atoms with Crippen LogP contribution < -0.4 is 0 Å². The van der Waals surface area contributed by atoms with Gasteiger partial charge in [0.15, 0.2) is 5.60 Å². The topological polar surface area (TPSA) is 113 Å². The second-order valence-corrected chi connectivity index (χ2v) is 14.1. The van der Waals surface area contributed by atoms with Gasteiger partial charge in [0.25, 0.3) is 0 Å². The average molecular weight is 614 g/mol. The lowest BCUT2D eigenvalue weighted by Crippen LogP contribution is -2.79. The van der Waals surface area contributed by atoms with E-state index in [1.807, 2.05) is 18.2 Å². The summed E-state index contributed by atoms with van der Waals surface area (Å²) in [5, 5.41) is 12.5. The summed E-state index contributed by atoms with van der Waals surface area (Å²) in [7, 11) is 6.89. The Morgan fingerprint density at radius 2 is 1.73 bits per heavy atom. The highest BCUT2D eigenvalue weighted by Gasteiger charge is 2.89. The number of aliphatic hydroxyl groups is 1. The van der Waals surface area contributed by atoms with E-state index < -0.39 is 53.1 Å². The van der Waals surface area contributed by atoms with Crippen LogP contribution in [-0.2, 0) is 33.2 Å². The molecule has 44 heavy (non-hydrogen) atoms. The predicted molar refractivity (Wildman–Crippen MR) is 158 cm³/mol. The molecule has 0 radical (unpaired) electrons. The van der Waals surface area contributed by atoms with E-state index in [1.165, 1.54) is 6.92 Å². The van der Waals surface area contributed by atoms with E-state index >= 15 is 0 Å². The van der Waals surface area contributed by atoms with Gasteiger partial charge in [-0.15, -0.1) is 0 Å². The second-order valence-electron chi connectivity index (χ2n) is 14.1. The van der Waals surface area contributed by atoms with Crippen molar-refractivity contribution in [3.05, 3.63) is 35.9 Å². The Morgan fingerprint density at radius 1 is 1.00 bits per heavy atom. The van der Waals surface area contributed by atoms with Crippen molar-refractivity contribution < 1.29 is 43.1 Å². The fraction of sp³-hybridized carbons (Fsp3) is 0.765. The maximum atomic E-state index is 13.7. The van der Waals surface area contributed by atoms with Crippen LogP contribution in [0.3, 0.4) is 0 Å². The van der Waals surface area contributed by atoms with Crippen molar-refractivity contribution in [3.8, 4) is 0 Å². The molecule has 242 valence electrons. The van der Waals surface area contributed by atoms with Crippen LogP contribution in [0.15, 0.2) is 30.3 Å². The Hall–Kier alpha value is -2.08. The average Bonchev–Trinajstić information content (AvgIpc) is 3.45. The molecule has 5 saturated carbocycles. The summed E-state index contributed by atoms with van der Waals surface area (Å²) in [5.41, 5.74) is -1.58. The van der Waals surface area contributed by atoms with Gasteiger partial charge in [-0.25, -0.2) is 4.79 Å². The van der Waals surface area contributed by atoms with Gasteiger partial charge in [0.2, 0.25) is 0 Å². The first-order chi connectivity index (χ1) is 21.2. The molecule has 1 N–H and O–H groups in total. The number of hydrogen-bond donors (Lipinski definition) is 1. The lowest BCUT2D eigenvalue weighted by molar-refractivity contribution is -0.303. The molecule has 10 nitrogen and oxygen atoms in total. The zero-order valence-electron chi connectivity index (χ0n) is 26.6. The van der Waals surface area contributed by atoms with Crippen molar-refractivity contribution in [2.24, 2.45) is 40.4 Å². The van der Waals surface area contributed by atoms with Crippen molar-refractivity contribution in [1.82, 2.24) is 4.90 Å². The van der Waals surface area contributed by atoms with Crippen LogP contribution in [0.5, 0.6) is 0 Å². The molecule has 10 heteroatoms. The largest absolute Gasteiger partial charge is 0.458 e. The second kappa shape index (κ2) is 10.7. The summed E-state index contributed by atoms with van der Waals surface area (Å²) in [6, 6.07) is 8.88. The first kappa shape index (κ1) is 30.6. The minimum absolute atomic E-state index is 0.0249. The van der Waals surface area contributed by atoms with E-state index in [-0.39, 0.29) is 41.4 Å². The molecular weight excluding hydrogens is 566 g/mol. The molecular formula is C34H47NO9. The summed E-state index contributed by atoms with van der Waals surface area (Å²) >= 11 is 0. The third-order valence-corrected chi connectivity index (χ3v) is 13.0. The minimum Gasteiger partial charge on any atom is -0.458 e. The predicted octanol–water partition coefficient (Wildman–Crippen LogP) is 2.56. The van der Waals surface area contributed by atoms with E-state index in [2.05, 4.69) is 11.8 Å². The van der Waals surface area contributed by atoms with Crippen LogP contribution in [0.4, 0.5) is 0 Å². The number of aliphatic hydroxyl groups excluding tert-OH is 1. The number of carbonyl (C=O) groups is 2. The number of fused-ring (bicyclic) bond motifs is 2. The molecule has 1 spiro atoms. The lowest BCUT2D eigenvalue weighted by Gasteiger charge is -2.69. The van der Waals surface area contributed by atoms with Gasteiger partial charge in [-0.1, -0.05) is 25.1 Å². The van der Waals surface area contributed by atoms with Gasteiger partial charge in [0, 0.05) is 82.5 Å². The molecule has 6 fully saturated rings. The van der Waals surface area contributed by atoms with Crippen molar-refractivity contribution in [1.29, 1.82) is 0 Å². The van der Waals surface area contributed by atoms with Gasteiger partial charge in [-0.2, -0.15) is 0 Å². The first-order valence-corrected chi connectivity index (χ1v) is 16.2. The van der Waals surface area contributed by atoms with Crippen LogP contribution in [0, 0.1) is 40.4 Å². The van der Waals surface area contributed by atoms with Gasteiger partial charge in [-0.3, -0.25) is 9.69 Å². The number of nitrogens with zero attached hydrogens (tertiary/aromatic N) is 1. The molecule has 7 rings (SSSR count). The molecule has 0 amide bonds. The zero-order chi connectivity index (χ0) is 31.2. The van der Waals surface area contributed by atoms with E-state index in [0.717, 1.165) is 25.9 Å². The molecule has 1 aromatic rings. The Labute approximate surface area is 259 Å². The van der Waals surface area contributed by atoms with Gasteiger partial charge in [0.05, 0.1) is 30.5 Å². The van der Waals surface area contributed by atoms with Crippen molar-refractivity contribution >= 4 is 11.9 Å². The molecule has 1 saturated heterocycles. The molecule has 6 aliphatic rings. The van der Waals surface area contributed by atoms with Crippen LogP contribution in [0.1, 0.15) is 43.5 Å². The van der Waals surface area contributed by atoms with Gasteiger partial charge >= 0.3 is 11.9 Å². The number of carbonyl (C=O) groups excluding carboxylic acids is 2. The van der Waals surface area contributed by atoms with E-state index in [0.29, 0.717) is 18.6 Å². The SMILES string of the molecule is CCN1C[C@]2(COC)CCC(OC)[C@@]34[C@@H]5C[C@@H]6C(OC)C(O)[C@@](OC(C)=O)([C@H]5C6OC(=O)c5ccccc5)[C@@H](C(OC)[C@H]23)[C@@H]14. The Morgan fingerprint density at radius 3 is 2.34 bits per heavy atom. The number of esters is 2. The fourth-order valence-electron chi connectivity index (χ4n) is 12.3. The summed E-state index contributed by atoms with van der Waals surface area (Å²) in [6.07, 6.45) is -0.506. The quantitative estimate of drug-likeness (QED) is 0.417. The van der Waals surface area contributed by atoms with Gasteiger partial charge in [-0.05, 0) is 43.9 Å². The molecule has 1 aliphatic heterocycles. The summed E-state index contributed by atoms with van der Waals surface area (Å²) in [5.74, 6) is -2.16. The van der Waals surface area contributed by atoms with Gasteiger partial charge < -0.3 is 33.5 Å². The fourth-order valence-corrected chi connectivity index (χ4v) is 12.3. The minimum atomic E-state index is -1.41. The Balaban J connectivity index is 1.49. The Kier molecular flexibility index (Phi) is 7.46. The number of methoxy groups -OCH3 is 4. The first-order valence-electron chi connectivity index (χ1n) is 16.2. The molecule has 1 heterocycles. The van der Waals surface area contributed by atoms with Crippen molar-refractivity contribution in [3.63, 3.8) is 0 Å². The molecule has 5 unspecified atom stereocenters. The monoisotopic (exact) mass is 613 g/mol. The van der Waals surface area contributed by atoms with Crippen LogP contribution in [-0.4, -0.2) is 112 Å². The number of benzene rings is 1. The highest BCUT2D eigenvalue weighted by Crippen LogP contribution is 2.80. The van der Waals surface area contributed by atoms with Crippen LogP contribution in [0.25, 0.3) is 0 Å². The maximum absolute atomic E-state index is 13.7. The molecule has 0 aromatic heterocycles. The molecule has 1 aromatic carbocycles. The maximum Gasteiger partial charge on any atom is 0.338 e. The third-order valence-electron chi connectivity index (χ3n) is 13.0. The van der Waals surface area contributed by atoms with Crippen molar-refractivity contribution in [2.45, 2.75) is 75.3 Å². The summed E-state index contributed by atoms with van der Waals surface area (Å²) in [4.78, 5) is 29.5. The van der Waals surface area contributed by atoms with E-state index in [4.69, 9.17) is 28.4 Å². The molecule has 7 bridgehead atoms. The van der Waals surface area contributed by atoms with Crippen LogP contribution in [0.2, 0.25) is 0 Å². The number of likely N-dealkylation sites (tertiary alicyclic amines) is 1. The Bertz CT molecular complexity index is 1280. The number of rotatable bonds is 9. The smallest absolute Gasteiger partial charge is 0.338 e. The van der Waals surface area contributed by atoms with Crippen molar-refractivity contribution in [2.75, 3.05) is 48.1 Å². The lowest BCUT2D eigenvalue weighted by atomic mass is 9.43. The number of ether oxygens (including phenoxy) is 6. The standard InChI is InChI=1S/C34H47NO9/c1-7-35-16-32(17-39-3)14-13-22(40-4)33-21-15-20-25(43-31(38)19-11-9-8-10-12-19)23(21)34(44-18(2)36,30(37)26(20)41-5)24(29(33)35)27(42-6)28(32)33/h8-12,20-30,37H,7,13-17H2,1-6H3/t20-,21+,22?,23+,24-,25?,26?,27?,28+,29+,30?,32-,33-,34+/m0/s1. The molecule has 5 aliphatic carbocycles. The van der Waals surface area contributed by atoms with Crippen LogP contribution >= 0.6 is 0 Å². The van der Waals surface area contributed by atoms with E-state index in [9.17, 15) is 14.7 Å². The highest BCUT2D eigenvalue weighted by atomic mass is 16.6. The number of hydrogen-bond acceptors (Lipinski definition) is 10. The normalized spacial score (nSPS) is 48.2. The third kappa shape index (κ3) is 3.58. The molecule has 14 atom stereocenters. The summed E-state index contributed by atoms with van der Waals surface area (Å²) < 4.78 is 38.2. The number of piperidine rings is 1. The highest BCUT2D eigenvalue weighted by molar-refractivity contribution is 5.89. The van der Waals surface area contributed by atoms with E-state index in [1.54, 1.807) is 40.6 Å². The van der Waals surface area contributed by atoms with Gasteiger partial charge in [0.1, 0.15) is 12.2 Å². The zero-order valence-corrected chi connectivity index (χ0v) is 26.6.